The number of aryl methyl sites for hydroxylation is 2. The van der Waals surface area contributed by atoms with Crippen molar-refractivity contribution in [1.29, 1.82) is 0 Å². The minimum atomic E-state index is 0.967. The number of hydrogen-bond acceptors (Lipinski definition) is 1. The second-order valence-electron chi connectivity index (χ2n) is 5.52. The van der Waals surface area contributed by atoms with E-state index >= 15 is 0 Å². The maximum atomic E-state index is 4.67. The van der Waals surface area contributed by atoms with Crippen LogP contribution in [0.15, 0.2) is 54.6 Å². The summed E-state index contributed by atoms with van der Waals surface area (Å²) in [6.07, 6.45) is 0. The first-order valence-electron chi connectivity index (χ1n) is 7.18. The molecule has 2 heterocycles. The fourth-order valence-corrected chi connectivity index (χ4v) is 3.06. The molecule has 21 heavy (non-hydrogen) atoms. The van der Waals surface area contributed by atoms with E-state index in [4.69, 9.17) is 0 Å². The van der Waals surface area contributed by atoms with Crippen molar-refractivity contribution in [2.45, 2.75) is 13.8 Å². The third-order valence-corrected chi connectivity index (χ3v) is 4.03. The first kappa shape index (κ1) is 12.2. The molecule has 0 atom stereocenters. The monoisotopic (exact) mass is 272 g/mol. The Morgan fingerprint density at radius 1 is 0.857 bits per heavy atom. The van der Waals surface area contributed by atoms with Gasteiger partial charge in [0.15, 0.2) is 0 Å². The third-order valence-electron chi connectivity index (χ3n) is 4.03. The first-order valence-corrected chi connectivity index (χ1v) is 7.18. The number of hydrogen-bond donors (Lipinski definition) is 1. The van der Waals surface area contributed by atoms with Gasteiger partial charge in [0.25, 0.3) is 0 Å². The van der Waals surface area contributed by atoms with Crippen LogP contribution < -0.4 is 0 Å². The normalized spacial score (nSPS) is 11.3. The van der Waals surface area contributed by atoms with Gasteiger partial charge >= 0.3 is 0 Å². The Morgan fingerprint density at radius 2 is 1.62 bits per heavy atom. The molecule has 1 N–H and O–H groups in total. The molecule has 0 saturated carbocycles. The fraction of sp³-hybridized carbons (Fsp3) is 0.105. The minimum absolute atomic E-state index is 0.967. The molecule has 0 spiro atoms. The molecule has 4 rings (SSSR count). The van der Waals surface area contributed by atoms with Crippen LogP contribution in [0.5, 0.6) is 0 Å². The van der Waals surface area contributed by atoms with Gasteiger partial charge in [-0.1, -0.05) is 42.5 Å². The van der Waals surface area contributed by atoms with Gasteiger partial charge in [-0.05, 0) is 42.7 Å². The largest absolute Gasteiger partial charge is 0.339 e. The summed E-state index contributed by atoms with van der Waals surface area (Å²) in [6, 6.07) is 19.1. The summed E-state index contributed by atoms with van der Waals surface area (Å²) in [4.78, 5) is 8.11. The van der Waals surface area contributed by atoms with Crippen LogP contribution in [0, 0.1) is 13.8 Å². The van der Waals surface area contributed by atoms with E-state index in [1.54, 1.807) is 0 Å². The predicted octanol–water partition coefficient (Wildman–Crippen LogP) is 5.00. The van der Waals surface area contributed by atoms with Crippen molar-refractivity contribution in [1.82, 2.24) is 9.97 Å². The van der Waals surface area contributed by atoms with Gasteiger partial charge in [-0.15, -0.1) is 0 Å². The molecule has 102 valence electrons. The van der Waals surface area contributed by atoms with Crippen molar-refractivity contribution in [3.8, 4) is 11.1 Å². The number of rotatable bonds is 1. The van der Waals surface area contributed by atoms with Gasteiger partial charge in [0, 0.05) is 22.0 Å². The van der Waals surface area contributed by atoms with E-state index in [2.05, 4.69) is 71.5 Å². The number of pyridine rings is 1. The standard InChI is InChI=1S/C19H16N2/c1-12-7-3-4-8-14(12)16-11-13(2)20-19-18(16)15-9-5-6-10-17(15)21-19/h3-11H,1-2H3,(H,20,21). The molecular formula is C19H16N2. The van der Waals surface area contributed by atoms with Gasteiger partial charge in [0.2, 0.25) is 0 Å². The topological polar surface area (TPSA) is 28.7 Å². The zero-order valence-electron chi connectivity index (χ0n) is 12.1. The molecule has 0 bridgehead atoms. The minimum Gasteiger partial charge on any atom is -0.339 e. The second-order valence-corrected chi connectivity index (χ2v) is 5.52. The Hall–Kier alpha value is -2.61. The number of nitrogens with one attached hydrogen (secondary N) is 1. The summed E-state index contributed by atoms with van der Waals surface area (Å²) >= 11 is 0. The lowest BCUT2D eigenvalue weighted by Gasteiger charge is -2.09. The Bertz CT molecular complexity index is 964. The van der Waals surface area contributed by atoms with Crippen molar-refractivity contribution in [3.05, 3.63) is 65.9 Å². The highest BCUT2D eigenvalue weighted by atomic mass is 14.9. The maximum absolute atomic E-state index is 4.67. The lowest BCUT2D eigenvalue weighted by molar-refractivity contribution is 1.23. The lowest BCUT2D eigenvalue weighted by atomic mass is 9.97. The second kappa shape index (κ2) is 4.45. The lowest BCUT2D eigenvalue weighted by Crippen LogP contribution is -1.89. The molecule has 2 nitrogen and oxygen atoms in total. The summed E-state index contributed by atoms with van der Waals surface area (Å²) < 4.78 is 0. The Labute approximate surface area is 123 Å². The highest BCUT2D eigenvalue weighted by Gasteiger charge is 2.13. The molecule has 2 aromatic heterocycles. The SMILES string of the molecule is Cc1cc(-c2ccccc2C)c2c(n1)[nH]c1ccccc12. The number of aromatic nitrogens is 2. The zero-order valence-corrected chi connectivity index (χ0v) is 12.1. The number of H-pyrrole nitrogens is 1. The highest BCUT2D eigenvalue weighted by molar-refractivity contribution is 6.13. The van der Waals surface area contributed by atoms with Crippen molar-refractivity contribution in [3.63, 3.8) is 0 Å². The summed E-state index contributed by atoms with van der Waals surface area (Å²) in [5.74, 6) is 0. The van der Waals surface area contributed by atoms with E-state index in [1.165, 1.54) is 27.5 Å². The number of fused-ring (bicyclic) bond motifs is 3. The van der Waals surface area contributed by atoms with Gasteiger partial charge < -0.3 is 4.98 Å². The van der Waals surface area contributed by atoms with Crippen molar-refractivity contribution in [2.75, 3.05) is 0 Å². The van der Waals surface area contributed by atoms with Crippen molar-refractivity contribution >= 4 is 21.9 Å². The summed E-state index contributed by atoms with van der Waals surface area (Å²) in [5.41, 5.74) is 6.96. The molecule has 0 radical (unpaired) electrons. The summed E-state index contributed by atoms with van der Waals surface area (Å²) in [5, 5.41) is 2.45. The maximum Gasteiger partial charge on any atom is 0.139 e. The average molecular weight is 272 g/mol. The molecule has 2 heteroatoms. The number of nitrogens with zero attached hydrogens (tertiary/aromatic N) is 1. The number of para-hydroxylation sites is 1. The van der Waals surface area contributed by atoms with Crippen LogP contribution >= 0.6 is 0 Å². The van der Waals surface area contributed by atoms with E-state index in [-0.39, 0.29) is 0 Å². The molecule has 0 unspecified atom stereocenters. The Morgan fingerprint density at radius 3 is 2.48 bits per heavy atom. The van der Waals surface area contributed by atoms with Gasteiger partial charge in [-0.2, -0.15) is 0 Å². The molecule has 0 amide bonds. The molecule has 2 aromatic carbocycles. The van der Waals surface area contributed by atoms with Crippen LogP contribution in [0.25, 0.3) is 33.1 Å². The van der Waals surface area contributed by atoms with Gasteiger partial charge in [-0.3, -0.25) is 0 Å². The Balaban J connectivity index is 2.20. The molecule has 0 fully saturated rings. The van der Waals surface area contributed by atoms with Crippen LogP contribution in [0.3, 0.4) is 0 Å². The van der Waals surface area contributed by atoms with Gasteiger partial charge in [-0.25, -0.2) is 4.98 Å². The van der Waals surface area contributed by atoms with Crippen LogP contribution in [-0.2, 0) is 0 Å². The zero-order chi connectivity index (χ0) is 14.4. The van der Waals surface area contributed by atoms with Crippen molar-refractivity contribution in [2.24, 2.45) is 0 Å². The third kappa shape index (κ3) is 1.83. The average Bonchev–Trinajstić information content (AvgIpc) is 2.85. The molecule has 0 aliphatic heterocycles. The molecular weight excluding hydrogens is 256 g/mol. The van der Waals surface area contributed by atoms with Gasteiger partial charge in [0.1, 0.15) is 5.65 Å². The van der Waals surface area contributed by atoms with Crippen LogP contribution in [0.1, 0.15) is 11.3 Å². The van der Waals surface area contributed by atoms with E-state index in [1.807, 2.05) is 6.92 Å². The summed E-state index contributed by atoms with van der Waals surface area (Å²) in [6.45, 7) is 4.21. The van der Waals surface area contributed by atoms with E-state index in [0.717, 1.165) is 16.9 Å². The first-order chi connectivity index (χ1) is 10.2. The van der Waals surface area contributed by atoms with Crippen LogP contribution in [-0.4, -0.2) is 9.97 Å². The van der Waals surface area contributed by atoms with Crippen molar-refractivity contribution < 1.29 is 0 Å². The molecule has 0 aliphatic carbocycles. The van der Waals surface area contributed by atoms with Crippen LogP contribution in [0.4, 0.5) is 0 Å². The fourth-order valence-electron chi connectivity index (χ4n) is 3.06. The number of aromatic amines is 1. The van der Waals surface area contributed by atoms with E-state index < -0.39 is 0 Å². The smallest absolute Gasteiger partial charge is 0.139 e. The molecule has 0 aliphatic rings. The molecule has 4 aromatic rings. The Kier molecular flexibility index (Phi) is 2.58. The summed E-state index contributed by atoms with van der Waals surface area (Å²) in [7, 11) is 0. The highest BCUT2D eigenvalue weighted by Crippen LogP contribution is 2.35. The molecule has 0 saturated heterocycles. The predicted molar refractivity (Wildman–Crippen MR) is 88.5 cm³/mol. The quantitative estimate of drug-likeness (QED) is 0.519. The van der Waals surface area contributed by atoms with E-state index in [0.29, 0.717) is 0 Å². The number of benzene rings is 2. The van der Waals surface area contributed by atoms with Crippen LogP contribution in [0.2, 0.25) is 0 Å². The van der Waals surface area contributed by atoms with Gasteiger partial charge in [0.05, 0.1) is 0 Å². The van der Waals surface area contributed by atoms with E-state index in [9.17, 15) is 0 Å².